The standard InChI is InChI=1S/C22H39NO/c1-14-6-9-18-17-8-7-15-12-16(24)13-20(23(4)5)22(15,3)19(17)10-11-21(14,18)2/h14-20,24H,6-13H2,1-5H3/t14-,15-,16-,17-,18-,19-,20?,21+,22-/m0/s1. The number of hydrogen-bond acceptors (Lipinski definition) is 2. The molecule has 0 aromatic rings. The Kier molecular flexibility index (Phi) is 4.12. The fraction of sp³-hybridized carbons (Fsp3) is 1.00. The molecule has 4 aliphatic carbocycles. The lowest BCUT2D eigenvalue weighted by molar-refractivity contribution is -0.158. The Morgan fingerprint density at radius 3 is 2.38 bits per heavy atom. The first-order valence-electron chi connectivity index (χ1n) is 10.6. The van der Waals surface area contributed by atoms with Gasteiger partial charge in [-0.2, -0.15) is 0 Å². The zero-order chi connectivity index (χ0) is 17.3. The van der Waals surface area contributed by atoms with Crippen molar-refractivity contribution in [2.24, 2.45) is 40.4 Å². The molecule has 4 saturated carbocycles. The van der Waals surface area contributed by atoms with Crippen LogP contribution in [-0.4, -0.2) is 36.2 Å². The van der Waals surface area contributed by atoms with E-state index in [2.05, 4.69) is 39.8 Å². The van der Waals surface area contributed by atoms with Crippen LogP contribution in [0.4, 0.5) is 0 Å². The zero-order valence-electron chi connectivity index (χ0n) is 16.6. The van der Waals surface area contributed by atoms with Crippen molar-refractivity contribution in [2.75, 3.05) is 14.1 Å². The molecule has 0 spiro atoms. The molecule has 4 rings (SSSR count). The molecule has 0 aromatic carbocycles. The Bertz CT molecular complexity index is 490. The molecule has 2 heteroatoms. The van der Waals surface area contributed by atoms with Crippen LogP contribution in [0.15, 0.2) is 0 Å². The fourth-order valence-electron chi connectivity index (χ4n) is 8.33. The second-order valence-electron chi connectivity index (χ2n) is 10.6. The summed E-state index contributed by atoms with van der Waals surface area (Å²) < 4.78 is 0. The van der Waals surface area contributed by atoms with E-state index >= 15 is 0 Å². The van der Waals surface area contributed by atoms with Crippen molar-refractivity contribution in [3.05, 3.63) is 0 Å². The van der Waals surface area contributed by atoms with E-state index in [9.17, 15) is 5.11 Å². The van der Waals surface area contributed by atoms with Crippen LogP contribution in [0.25, 0.3) is 0 Å². The molecule has 0 aromatic heterocycles. The Morgan fingerprint density at radius 2 is 1.67 bits per heavy atom. The zero-order valence-corrected chi connectivity index (χ0v) is 16.6. The maximum absolute atomic E-state index is 10.5. The second kappa shape index (κ2) is 5.71. The summed E-state index contributed by atoms with van der Waals surface area (Å²) in [5, 5.41) is 10.5. The third kappa shape index (κ3) is 2.21. The van der Waals surface area contributed by atoms with E-state index in [-0.39, 0.29) is 6.10 Å². The van der Waals surface area contributed by atoms with Crippen LogP contribution >= 0.6 is 0 Å². The smallest absolute Gasteiger partial charge is 0.0558 e. The van der Waals surface area contributed by atoms with Crippen LogP contribution in [0.1, 0.15) is 72.1 Å². The van der Waals surface area contributed by atoms with Gasteiger partial charge in [-0.15, -0.1) is 0 Å². The summed E-state index contributed by atoms with van der Waals surface area (Å²) in [5.41, 5.74) is 1.03. The van der Waals surface area contributed by atoms with E-state index < -0.39 is 0 Å². The van der Waals surface area contributed by atoms with Crippen molar-refractivity contribution in [2.45, 2.75) is 84.3 Å². The molecule has 4 fully saturated rings. The highest BCUT2D eigenvalue weighted by Crippen LogP contribution is 2.67. The minimum Gasteiger partial charge on any atom is -0.393 e. The summed E-state index contributed by atoms with van der Waals surface area (Å²) in [4.78, 5) is 2.45. The average molecular weight is 334 g/mol. The van der Waals surface area contributed by atoms with Gasteiger partial charge in [0.25, 0.3) is 0 Å². The number of fused-ring (bicyclic) bond motifs is 5. The summed E-state index contributed by atoms with van der Waals surface area (Å²) in [6.07, 6.45) is 10.6. The highest BCUT2D eigenvalue weighted by molar-refractivity contribution is 5.12. The van der Waals surface area contributed by atoms with E-state index in [1.54, 1.807) is 0 Å². The highest BCUT2D eigenvalue weighted by atomic mass is 16.3. The third-order valence-corrected chi connectivity index (χ3v) is 9.83. The summed E-state index contributed by atoms with van der Waals surface area (Å²) in [5.74, 6) is 4.47. The number of hydrogen-bond donors (Lipinski definition) is 1. The van der Waals surface area contributed by atoms with Gasteiger partial charge in [-0.3, -0.25) is 0 Å². The van der Waals surface area contributed by atoms with Crippen molar-refractivity contribution in [1.82, 2.24) is 4.90 Å². The first-order chi connectivity index (χ1) is 11.3. The largest absolute Gasteiger partial charge is 0.393 e. The maximum atomic E-state index is 10.5. The molecule has 0 aliphatic heterocycles. The van der Waals surface area contributed by atoms with Gasteiger partial charge in [0, 0.05) is 6.04 Å². The lowest BCUT2D eigenvalue weighted by atomic mass is 9.43. The predicted octanol–water partition coefficient (Wildman–Crippen LogP) is 4.57. The summed E-state index contributed by atoms with van der Waals surface area (Å²) in [6.45, 7) is 7.76. The van der Waals surface area contributed by atoms with Crippen LogP contribution < -0.4 is 0 Å². The minimum absolute atomic E-state index is 0.0765. The molecule has 1 unspecified atom stereocenters. The maximum Gasteiger partial charge on any atom is 0.0558 e. The van der Waals surface area contributed by atoms with Gasteiger partial charge < -0.3 is 10.0 Å². The Labute approximate surface area is 149 Å². The molecule has 138 valence electrons. The topological polar surface area (TPSA) is 23.5 Å². The number of nitrogens with zero attached hydrogens (tertiary/aromatic N) is 1. The van der Waals surface area contributed by atoms with Gasteiger partial charge in [-0.25, -0.2) is 0 Å². The van der Waals surface area contributed by atoms with Crippen LogP contribution in [0, 0.1) is 40.4 Å². The lowest BCUT2D eigenvalue weighted by Gasteiger charge is -2.64. The van der Waals surface area contributed by atoms with Crippen molar-refractivity contribution in [3.63, 3.8) is 0 Å². The van der Waals surface area contributed by atoms with E-state index in [4.69, 9.17) is 0 Å². The van der Waals surface area contributed by atoms with Gasteiger partial charge >= 0.3 is 0 Å². The van der Waals surface area contributed by atoms with Gasteiger partial charge in [0.2, 0.25) is 0 Å². The number of aliphatic hydroxyl groups is 1. The molecular weight excluding hydrogens is 294 g/mol. The molecule has 2 nitrogen and oxygen atoms in total. The predicted molar refractivity (Wildman–Crippen MR) is 99.8 cm³/mol. The van der Waals surface area contributed by atoms with Crippen molar-refractivity contribution >= 4 is 0 Å². The van der Waals surface area contributed by atoms with Gasteiger partial charge in [-0.05, 0) is 106 Å². The Hall–Kier alpha value is -0.0800. The first-order valence-corrected chi connectivity index (χ1v) is 10.6. The Morgan fingerprint density at radius 1 is 0.917 bits per heavy atom. The van der Waals surface area contributed by atoms with E-state index in [1.165, 1.54) is 38.5 Å². The summed E-state index contributed by atoms with van der Waals surface area (Å²) in [7, 11) is 4.50. The molecule has 0 amide bonds. The van der Waals surface area contributed by atoms with Crippen LogP contribution in [0.5, 0.6) is 0 Å². The molecule has 0 heterocycles. The lowest BCUT2D eigenvalue weighted by Crippen LogP contribution is -2.62. The molecular formula is C22H39NO. The van der Waals surface area contributed by atoms with E-state index in [0.29, 0.717) is 16.9 Å². The fourth-order valence-corrected chi connectivity index (χ4v) is 8.33. The number of aliphatic hydroxyl groups excluding tert-OH is 1. The summed E-state index contributed by atoms with van der Waals surface area (Å²) >= 11 is 0. The van der Waals surface area contributed by atoms with Gasteiger partial charge in [-0.1, -0.05) is 20.8 Å². The van der Waals surface area contributed by atoms with Crippen LogP contribution in [0.3, 0.4) is 0 Å². The van der Waals surface area contributed by atoms with Crippen LogP contribution in [0.2, 0.25) is 0 Å². The number of rotatable bonds is 1. The van der Waals surface area contributed by atoms with Crippen molar-refractivity contribution in [1.29, 1.82) is 0 Å². The average Bonchev–Trinajstić information content (AvgIpc) is 2.83. The Balaban J connectivity index is 1.68. The molecule has 0 saturated heterocycles. The van der Waals surface area contributed by atoms with Gasteiger partial charge in [0.1, 0.15) is 0 Å². The molecule has 4 aliphatic rings. The van der Waals surface area contributed by atoms with Gasteiger partial charge in [0.15, 0.2) is 0 Å². The molecule has 9 atom stereocenters. The second-order valence-corrected chi connectivity index (χ2v) is 10.6. The molecule has 1 N–H and O–H groups in total. The van der Waals surface area contributed by atoms with Crippen LogP contribution in [-0.2, 0) is 0 Å². The van der Waals surface area contributed by atoms with Crippen molar-refractivity contribution in [3.8, 4) is 0 Å². The normalized spacial score (nSPS) is 57.4. The third-order valence-electron chi connectivity index (χ3n) is 9.83. The monoisotopic (exact) mass is 333 g/mol. The molecule has 0 radical (unpaired) electrons. The SMILES string of the molecule is C[C@H]1CC[C@H]2[C@@H]3CC[C@H]4C[C@H](O)CC(N(C)C)[C@]4(C)[C@H]3CC[C@]12C. The molecule has 0 bridgehead atoms. The van der Waals surface area contributed by atoms with Crippen molar-refractivity contribution < 1.29 is 5.11 Å². The minimum atomic E-state index is -0.0765. The molecule has 24 heavy (non-hydrogen) atoms. The summed E-state index contributed by atoms with van der Waals surface area (Å²) in [6, 6.07) is 0.558. The van der Waals surface area contributed by atoms with Gasteiger partial charge in [0.05, 0.1) is 6.10 Å². The first kappa shape index (κ1) is 17.3. The highest BCUT2D eigenvalue weighted by Gasteiger charge is 2.61. The van der Waals surface area contributed by atoms with E-state index in [1.807, 2.05) is 0 Å². The van der Waals surface area contributed by atoms with E-state index in [0.717, 1.165) is 42.4 Å². The quantitative estimate of drug-likeness (QED) is 0.760.